The Morgan fingerprint density at radius 3 is 2.86 bits per heavy atom. The van der Waals surface area contributed by atoms with Crippen molar-refractivity contribution < 1.29 is 9.31 Å². The van der Waals surface area contributed by atoms with Gasteiger partial charge in [0.1, 0.15) is 0 Å². The number of hydrogen-bond acceptors (Lipinski definition) is 5. The molecule has 21 heavy (non-hydrogen) atoms. The van der Waals surface area contributed by atoms with Crippen molar-refractivity contribution in [3.8, 4) is 0 Å². The predicted molar refractivity (Wildman–Crippen MR) is 69.4 cm³/mol. The van der Waals surface area contributed by atoms with Gasteiger partial charge in [0.05, 0.1) is 17.7 Å². The number of fused-ring (bicyclic) bond motifs is 1. The van der Waals surface area contributed by atoms with Crippen LogP contribution in [0.15, 0.2) is 41.6 Å². The SMILES string of the molecule is O=c1n(Cc2ccc([N+](=O)[O-])c(F)c2)nc2cnccn12. The summed E-state index contributed by atoms with van der Waals surface area (Å²) >= 11 is 0. The van der Waals surface area contributed by atoms with E-state index in [1.165, 1.54) is 29.1 Å². The highest BCUT2D eigenvalue weighted by molar-refractivity contribution is 5.35. The molecule has 0 amide bonds. The smallest absolute Gasteiger partial charge is 0.259 e. The highest BCUT2D eigenvalue weighted by Gasteiger charge is 2.15. The monoisotopic (exact) mass is 289 g/mol. The molecule has 0 aliphatic rings. The summed E-state index contributed by atoms with van der Waals surface area (Å²) in [6.07, 6.45) is 4.35. The van der Waals surface area contributed by atoms with Crippen LogP contribution in [-0.2, 0) is 6.54 Å². The van der Waals surface area contributed by atoms with Gasteiger partial charge in [0.15, 0.2) is 5.65 Å². The molecular formula is C12H8FN5O3. The molecule has 0 unspecified atom stereocenters. The second-order valence-electron chi connectivity index (χ2n) is 4.29. The first-order chi connectivity index (χ1) is 10.1. The zero-order valence-corrected chi connectivity index (χ0v) is 10.5. The Hall–Kier alpha value is -3.10. The Morgan fingerprint density at radius 2 is 2.19 bits per heavy atom. The summed E-state index contributed by atoms with van der Waals surface area (Å²) in [6, 6.07) is 3.47. The predicted octanol–water partition coefficient (Wildman–Crippen LogP) is 0.987. The molecule has 0 aliphatic heterocycles. The lowest BCUT2D eigenvalue weighted by atomic mass is 10.2. The van der Waals surface area contributed by atoms with Gasteiger partial charge in [-0.2, -0.15) is 4.39 Å². The topological polar surface area (TPSA) is 95.3 Å². The van der Waals surface area contributed by atoms with E-state index < -0.39 is 22.1 Å². The van der Waals surface area contributed by atoms with E-state index >= 15 is 0 Å². The van der Waals surface area contributed by atoms with E-state index in [0.29, 0.717) is 11.2 Å². The third kappa shape index (κ3) is 2.24. The molecule has 3 rings (SSSR count). The second-order valence-corrected chi connectivity index (χ2v) is 4.29. The van der Waals surface area contributed by atoms with E-state index in [9.17, 15) is 19.3 Å². The Balaban J connectivity index is 1.99. The number of nitro benzene ring substituents is 1. The van der Waals surface area contributed by atoms with Gasteiger partial charge in [-0.25, -0.2) is 13.9 Å². The van der Waals surface area contributed by atoms with Crippen LogP contribution < -0.4 is 5.69 Å². The van der Waals surface area contributed by atoms with Crippen molar-refractivity contribution in [1.29, 1.82) is 0 Å². The Kier molecular flexibility index (Phi) is 2.94. The highest BCUT2D eigenvalue weighted by Crippen LogP contribution is 2.18. The number of halogens is 1. The van der Waals surface area contributed by atoms with Crippen molar-refractivity contribution in [2.45, 2.75) is 6.54 Å². The van der Waals surface area contributed by atoms with Crippen molar-refractivity contribution >= 4 is 11.3 Å². The third-order valence-electron chi connectivity index (χ3n) is 2.93. The lowest BCUT2D eigenvalue weighted by molar-refractivity contribution is -0.387. The van der Waals surface area contributed by atoms with E-state index in [2.05, 4.69) is 10.1 Å². The first kappa shape index (κ1) is 12.9. The van der Waals surface area contributed by atoms with Crippen LogP contribution in [0, 0.1) is 15.9 Å². The van der Waals surface area contributed by atoms with Crippen LogP contribution in [0.25, 0.3) is 5.65 Å². The van der Waals surface area contributed by atoms with Gasteiger partial charge in [0, 0.05) is 18.5 Å². The molecule has 0 saturated heterocycles. The summed E-state index contributed by atoms with van der Waals surface area (Å²) in [5.74, 6) is -0.948. The summed E-state index contributed by atoms with van der Waals surface area (Å²) in [5.41, 5.74) is -0.238. The summed E-state index contributed by atoms with van der Waals surface area (Å²) < 4.78 is 16.0. The molecule has 8 nitrogen and oxygen atoms in total. The van der Waals surface area contributed by atoms with Crippen molar-refractivity contribution in [2.24, 2.45) is 0 Å². The van der Waals surface area contributed by atoms with Gasteiger partial charge >= 0.3 is 11.4 Å². The number of nitrogens with zero attached hydrogens (tertiary/aromatic N) is 5. The van der Waals surface area contributed by atoms with Gasteiger partial charge in [-0.3, -0.25) is 15.1 Å². The molecule has 2 aromatic heterocycles. The first-order valence-corrected chi connectivity index (χ1v) is 5.88. The van der Waals surface area contributed by atoms with Gasteiger partial charge in [0.25, 0.3) is 0 Å². The molecule has 0 radical (unpaired) electrons. The average Bonchev–Trinajstić information content (AvgIpc) is 2.76. The minimum Gasteiger partial charge on any atom is -0.259 e. The summed E-state index contributed by atoms with van der Waals surface area (Å²) in [7, 11) is 0. The lowest BCUT2D eigenvalue weighted by Crippen LogP contribution is -2.21. The maximum absolute atomic E-state index is 13.5. The molecule has 0 N–H and O–H groups in total. The van der Waals surface area contributed by atoms with E-state index in [1.807, 2.05) is 0 Å². The number of rotatable bonds is 3. The molecular weight excluding hydrogens is 281 g/mol. The van der Waals surface area contributed by atoms with Crippen molar-refractivity contribution in [1.82, 2.24) is 19.2 Å². The zero-order valence-electron chi connectivity index (χ0n) is 10.5. The molecule has 0 spiro atoms. The zero-order chi connectivity index (χ0) is 15.0. The average molecular weight is 289 g/mol. The van der Waals surface area contributed by atoms with E-state index in [-0.39, 0.29) is 6.54 Å². The molecule has 0 bridgehead atoms. The third-order valence-corrected chi connectivity index (χ3v) is 2.93. The molecule has 0 aliphatic carbocycles. The maximum atomic E-state index is 13.5. The van der Waals surface area contributed by atoms with Crippen molar-refractivity contribution in [3.05, 3.63) is 68.8 Å². The normalized spacial score (nSPS) is 10.9. The minimum absolute atomic E-state index is 0.00935. The highest BCUT2D eigenvalue weighted by atomic mass is 19.1. The van der Waals surface area contributed by atoms with Crippen LogP contribution in [0.1, 0.15) is 5.56 Å². The van der Waals surface area contributed by atoms with E-state index in [1.54, 1.807) is 0 Å². The molecule has 1 aromatic carbocycles. The van der Waals surface area contributed by atoms with E-state index in [0.717, 1.165) is 16.8 Å². The van der Waals surface area contributed by atoms with Gasteiger partial charge in [-0.1, -0.05) is 6.07 Å². The molecule has 2 heterocycles. The van der Waals surface area contributed by atoms with E-state index in [4.69, 9.17) is 0 Å². The van der Waals surface area contributed by atoms with Crippen LogP contribution in [0.5, 0.6) is 0 Å². The summed E-state index contributed by atoms with van der Waals surface area (Å²) in [5, 5.41) is 14.6. The lowest BCUT2D eigenvalue weighted by Gasteiger charge is -2.01. The van der Waals surface area contributed by atoms with Crippen LogP contribution in [0.2, 0.25) is 0 Å². The molecule has 9 heteroatoms. The van der Waals surface area contributed by atoms with Gasteiger partial charge in [-0.15, -0.1) is 5.10 Å². The van der Waals surface area contributed by atoms with Crippen LogP contribution in [0.4, 0.5) is 10.1 Å². The first-order valence-electron chi connectivity index (χ1n) is 5.88. The Labute approximate surface area is 116 Å². The van der Waals surface area contributed by atoms with Gasteiger partial charge < -0.3 is 0 Å². The molecule has 3 aromatic rings. The minimum atomic E-state index is -0.948. The summed E-state index contributed by atoms with van der Waals surface area (Å²) in [4.78, 5) is 25.6. The number of hydrogen-bond donors (Lipinski definition) is 0. The maximum Gasteiger partial charge on any atom is 0.350 e. The Bertz CT molecular complexity index is 901. The molecule has 106 valence electrons. The van der Waals surface area contributed by atoms with Gasteiger partial charge in [0.2, 0.25) is 5.82 Å². The fraction of sp³-hybridized carbons (Fsp3) is 0.0833. The van der Waals surface area contributed by atoms with Crippen LogP contribution >= 0.6 is 0 Å². The van der Waals surface area contributed by atoms with Crippen molar-refractivity contribution in [3.63, 3.8) is 0 Å². The standard InChI is InChI=1S/C12H8FN5O3/c13-9-5-8(1-2-10(9)18(20)21)7-17-12(19)16-4-3-14-6-11(16)15-17/h1-6H,7H2. The van der Waals surface area contributed by atoms with Crippen LogP contribution in [0.3, 0.4) is 0 Å². The molecule has 0 saturated carbocycles. The fourth-order valence-electron chi connectivity index (χ4n) is 1.95. The fourth-order valence-corrected chi connectivity index (χ4v) is 1.95. The molecule has 0 fully saturated rings. The largest absolute Gasteiger partial charge is 0.350 e. The quantitative estimate of drug-likeness (QED) is 0.529. The number of nitro groups is 1. The Morgan fingerprint density at radius 1 is 1.38 bits per heavy atom. The van der Waals surface area contributed by atoms with Crippen molar-refractivity contribution in [2.75, 3.05) is 0 Å². The van der Waals surface area contributed by atoms with Crippen LogP contribution in [-0.4, -0.2) is 24.1 Å². The van der Waals surface area contributed by atoms with Gasteiger partial charge in [-0.05, 0) is 11.6 Å². The summed E-state index contributed by atoms with van der Waals surface area (Å²) in [6.45, 7) is 0.00935. The second kappa shape index (κ2) is 4.78. The number of aromatic nitrogens is 4. The number of benzene rings is 1. The molecule has 0 atom stereocenters.